The Morgan fingerprint density at radius 3 is 2.65 bits per heavy atom. The van der Waals surface area contributed by atoms with Gasteiger partial charge in [0.15, 0.2) is 0 Å². The molecule has 0 N–H and O–H groups in total. The molecular formula is C13H18NO2Y-. The Kier molecular flexibility index (Phi) is 5.55. The van der Waals surface area contributed by atoms with Gasteiger partial charge in [-0.3, -0.25) is 0 Å². The topological polar surface area (TPSA) is 31.2 Å². The zero-order valence-electron chi connectivity index (χ0n) is 10.6. The standard InChI is InChI=1S/C13H18NO2.Y/c1-4-11-9(2)10(3)13(16-11)14-8-6-5-7-12(14)15;/h6-11,13H,4H2,1-3H3;/q-1;/t9-,10?,11-,13-;/m1./s1. The van der Waals surface area contributed by atoms with Crippen LogP contribution in [0.1, 0.15) is 33.4 Å². The van der Waals surface area contributed by atoms with Crippen LogP contribution in [0.25, 0.3) is 0 Å². The molecule has 1 saturated heterocycles. The Balaban J connectivity index is 0.00000144. The Bertz CT molecular complexity index is 418. The fourth-order valence-electron chi connectivity index (χ4n) is 2.41. The van der Waals surface area contributed by atoms with Crippen LogP contribution in [0.5, 0.6) is 0 Å². The van der Waals surface area contributed by atoms with E-state index in [4.69, 9.17) is 4.74 Å². The van der Waals surface area contributed by atoms with Gasteiger partial charge < -0.3 is 14.1 Å². The van der Waals surface area contributed by atoms with Gasteiger partial charge in [0, 0.05) is 38.6 Å². The minimum Gasteiger partial charge on any atom is -0.397 e. The molecule has 0 aliphatic carbocycles. The SMILES string of the molecule is CC[C@H]1O[C@@H](n2cc[c-]cc2=O)C(C)[C@H]1C.[Y]. The van der Waals surface area contributed by atoms with Gasteiger partial charge >= 0.3 is 0 Å². The molecule has 0 aromatic carbocycles. The molecule has 0 bridgehead atoms. The average molecular weight is 309 g/mol. The summed E-state index contributed by atoms with van der Waals surface area (Å²) in [6.07, 6.45) is 2.89. The maximum Gasteiger partial charge on any atom is 0.137 e. The summed E-state index contributed by atoms with van der Waals surface area (Å²) in [7, 11) is 0. The quantitative estimate of drug-likeness (QED) is 0.785. The molecule has 1 aliphatic heterocycles. The molecule has 1 fully saturated rings. The Morgan fingerprint density at radius 2 is 2.12 bits per heavy atom. The van der Waals surface area contributed by atoms with Crippen LogP contribution in [-0.2, 0) is 37.4 Å². The summed E-state index contributed by atoms with van der Waals surface area (Å²) in [6.45, 7) is 6.46. The maximum absolute atomic E-state index is 11.7. The molecule has 0 spiro atoms. The summed E-state index contributed by atoms with van der Waals surface area (Å²) in [5, 5.41) is 0. The number of ether oxygens (including phenoxy) is 1. The van der Waals surface area contributed by atoms with Crippen molar-refractivity contribution >= 4 is 0 Å². The van der Waals surface area contributed by atoms with Gasteiger partial charge in [-0.25, -0.2) is 0 Å². The third-order valence-electron chi connectivity index (χ3n) is 3.65. The average Bonchev–Trinajstić information content (AvgIpc) is 2.57. The monoisotopic (exact) mass is 309 g/mol. The van der Waals surface area contributed by atoms with Crippen molar-refractivity contribution in [2.24, 2.45) is 11.8 Å². The fourth-order valence-corrected chi connectivity index (χ4v) is 2.41. The first-order valence-corrected chi connectivity index (χ1v) is 5.88. The molecular weight excluding hydrogens is 291 g/mol. The molecule has 1 radical (unpaired) electrons. The van der Waals surface area contributed by atoms with Gasteiger partial charge in [-0.1, -0.05) is 27.0 Å². The zero-order valence-corrected chi connectivity index (χ0v) is 13.4. The van der Waals surface area contributed by atoms with Crippen molar-refractivity contribution < 1.29 is 37.4 Å². The number of aromatic nitrogens is 1. The van der Waals surface area contributed by atoms with Crippen LogP contribution in [0.15, 0.2) is 23.1 Å². The molecule has 17 heavy (non-hydrogen) atoms. The van der Waals surface area contributed by atoms with Crippen LogP contribution in [0, 0.1) is 17.9 Å². The van der Waals surface area contributed by atoms with E-state index in [2.05, 4.69) is 26.8 Å². The minimum atomic E-state index is -0.123. The molecule has 1 aliphatic rings. The van der Waals surface area contributed by atoms with Crippen LogP contribution in [0.4, 0.5) is 0 Å². The number of hydrogen-bond donors (Lipinski definition) is 0. The second-order valence-corrected chi connectivity index (χ2v) is 4.56. The third kappa shape index (κ3) is 2.89. The molecule has 0 saturated carbocycles. The predicted molar refractivity (Wildman–Crippen MR) is 62.1 cm³/mol. The van der Waals surface area contributed by atoms with Crippen molar-refractivity contribution in [3.05, 3.63) is 34.7 Å². The van der Waals surface area contributed by atoms with E-state index < -0.39 is 0 Å². The van der Waals surface area contributed by atoms with E-state index in [0.717, 1.165) is 6.42 Å². The first-order chi connectivity index (χ1) is 7.65. The van der Waals surface area contributed by atoms with Gasteiger partial charge in [-0.15, -0.1) is 6.07 Å². The van der Waals surface area contributed by atoms with E-state index in [-0.39, 0.29) is 50.6 Å². The van der Waals surface area contributed by atoms with Gasteiger partial charge in [0.2, 0.25) is 0 Å². The van der Waals surface area contributed by atoms with Gasteiger partial charge in [0.25, 0.3) is 0 Å². The molecule has 2 heterocycles. The summed E-state index contributed by atoms with van der Waals surface area (Å²) in [5.74, 6) is 0.858. The predicted octanol–water partition coefficient (Wildman–Crippen LogP) is 2.23. The van der Waals surface area contributed by atoms with Crippen LogP contribution in [-0.4, -0.2) is 10.7 Å². The number of nitrogens with zero attached hydrogens (tertiary/aromatic N) is 1. The van der Waals surface area contributed by atoms with Crippen molar-refractivity contribution in [1.29, 1.82) is 0 Å². The van der Waals surface area contributed by atoms with Crippen LogP contribution < -0.4 is 5.56 Å². The second-order valence-electron chi connectivity index (χ2n) is 4.56. The zero-order chi connectivity index (χ0) is 11.7. The molecule has 1 aromatic rings. The summed E-state index contributed by atoms with van der Waals surface area (Å²) in [5.41, 5.74) is -0.0386. The Morgan fingerprint density at radius 1 is 1.41 bits per heavy atom. The third-order valence-corrected chi connectivity index (χ3v) is 3.65. The molecule has 4 atom stereocenters. The molecule has 2 rings (SSSR count). The van der Waals surface area contributed by atoms with Crippen LogP contribution in [0.2, 0.25) is 0 Å². The summed E-state index contributed by atoms with van der Waals surface area (Å²) in [6, 6.07) is 6.00. The normalized spacial score (nSPS) is 32.2. The van der Waals surface area contributed by atoms with Crippen molar-refractivity contribution in [3.8, 4) is 0 Å². The number of rotatable bonds is 2. The van der Waals surface area contributed by atoms with E-state index in [1.165, 1.54) is 6.07 Å². The van der Waals surface area contributed by atoms with E-state index in [0.29, 0.717) is 11.8 Å². The van der Waals surface area contributed by atoms with E-state index >= 15 is 0 Å². The summed E-state index contributed by atoms with van der Waals surface area (Å²) < 4.78 is 7.62. The fraction of sp³-hybridized carbons (Fsp3) is 0.615. The Labute approximate surface area is 127 Å². The second kappa shape index (κ2) is 6.26. The van der Waals surface area contributed by atoms with Crippen molar-refractivity contribution in [2.75, 3.05) is 0 Å². The van der Waals surface area contributed by atoms with Crippen molar-refractivity contribution in [3.63, 3.8) is 0 Å². The largest absolute Gasteiger partial charge is 0.397 e. The van der Waals surface area contributed by atoms with Gasteiger partial charge in [-0.2, -0.15) is 12.1 Å². The number of pyridine rings is 1. The van der Waals surface area contributed by atoms with E-state index in [9.17, 15) is 4.79 Å². The van der Waals surface area contributed by atoms with Crippen LogP contribution >= 0.6 is 0 Å². The van der Waals surface area contributed by atoms with E-state index in [1.54, 1.807) is 16.8 Å². The van der Waals surface area contributed by atoms with Crippen molar-refractivity contribution in [1.82, 2.24) is 4.57 Å². The summed E-state index contributed by atoms with van der Waals surface area (Å²) in [4.78, 5) is 11.7. The molecule has 1 aromatic heterocycles. The minimum absolute atomic E-state index is 0. The Hall–Kier alpha value is 0.0139. The van der Waals surface area contributed by atoms with Gasteiger partial charge in [0.05, 0.1) is 6.10 Å². The van der Waals surface area contributed by atoms with Gasteiger partial charge in [-0.05, 0) is 12.3 Å². The van der Waals surface area contributed by atoms with E-state index in [1.807, 2.05) is 0 Å². The molecule has 3 nitrogen and oxygen atoms in total. The number of hydrogen-bond acceptors (Lipinski definition) is 2. The maximum atomic E-state index is 11.7. The molecule has 4 heteroatoms. The first-order valence-electron chi connectivity index (χ1n) is 5.88. The van der Waals surface area contributed by atoms with Gasteiger partial charge in [0.1, 0.15) is 11.8 Å². The van der Waals surface area contributed by atoms with Crippen molar-refractivity contribution in [2.45, 2.75) is 39.5 Å². The molecule has 1 unspecified atom stereocenters. The molecule has 91 valence electrons. The summed E-state index contributed by atoms with van der Waals surface area (Å²) >= 11 is 0. The smallest absolute Gasteiger partial charge is 0.137 e. The van der Waals surface area contributed by atoms with Crippen LogP contribution in [0.3, 0.4) is 0 Å². The first kappa shape index (κ1) is 15.1. The molecule has 0 amide bonds.